The van der Waals surface area contributed by atoms with Gasteiger partial charge in [0.2, 0.25) is 5.91 Å². The van der Waals surface area contributed by atoms with E-state index in [9.17, 15) is 9.90 Å². The van der Waals surface area contributed by atoms with Crippen LogP contribution in [0.25, 0.3) is 0 Å². The Morgan fingerprint density at radius 2 is 1.82 bits per heavy atom. The number of aliphatic hydroxyl groups excluding tert-OH is 1. The minimum Gasteiger partial charge on any atom is -0.393 e. The molecule has 4 heteroatoms. The number of amides is 1. The summed E-state index contributed by atoms with van der Waals surface area (Å²) in [5.41, 5.74) is 1.21. The van der Waals surface area contributed by atoms with E-state index in [1.165, 1.54) is 5.69 Å². The van der Waals surface area contributed by atoms with Gasteiger partial charge in [0.05, 0.1) is 12.0 Å². The number of carbonyl (C=O) groups excluding carboxylic acids is 1. The molecule has 2 aliphatic rings. The third-order valence-corrected chi connectivity index (χ3v) is 4.96. The van der Waals surface area contributed by atoms with Gasteiger partial charge in [0.1, 0.15) is 0 Å². The van der Waals surface area contributed by atoms with E-state index >= 15 is 0 Å². The fourth-order valence-electron chi connectivity index (χ4n) is 3.60. The van der Waals surface area contributed by atoms with Crippen molar-refractivity contribution in [3.05, 3.63) is 30.3 Å². The molecule has 22 heavy (non-hydrogen) atoms. The fraction of sp³-hybridized carbons (Fsp3) is 0.611. The van der Waals surface area contributed by atoms with Crippen molar-refractivity contribution >= 4 is 11.6 Å². The molecule has 0 aromatic heterocycles. The molecule has 1 saturated carbocycles. The summed E-state index contributed by atoms with van der Waals surface area (Å²) in [4.78, 5) is 14.8. The Morgan fingerprint density at radius 3 is 2.55 bits per heavy atom. The predicted molar refractivity (Wildman–Crippen MR) is 87.8 cm³/mol. The van der Waals surface area contributed by atoms with Crippen LogP contribution in [-0.4, -0.2) is 36.2 Å². The summed E-state index contributed by atoms with van der Waals surface area (Å²) in [5, 5.41) is 12.8. The molecule has 1 atom stereocenters. The Labute approximate surface area is 132 Å². The Kier molecular flexibility index (Phi) is 4.98. The van der Waals surface area contributed by atoms with Crippen LogP contribution in [0.2, 0.25) is 0 Å². The van der Waals surface area contributed by atoms with Gasteiger partial charge in [-0.2, -0.15) is 0 Å². The molecule has 1 unspecified atom stereocenters. The molecule has 2 fully saturated rings. The van der Waals surface area contributed by atoms with Crippen LogP contribution in [0.15, 0.2) is 30.3 Å². The number of rotatable bonds is 3. The highest BCUT2D eigenvalue weighted by atomic mass is 16.3. The van der Waals surface area contributed by atoms with Gasteiger partial charge in [-0.1, -0.05) is 18.2 Å². The Balaban J connectivity index is 1.54. The smallest absolute Gasteiger partial charge is 0.225 e. The third-order valence-electron chi connectivity index (χ3n) is 4.96. The topological polar surface area (TPSA) is 52.6 Å². The van der Waals surface area contributed by atoms with Gasteiger partial charge in [-0.3, -0.25) is 4.79 Å². The normalized spacial score (nSPS) is 29.1. The SMILES string of the molecule is O=C(NC1CCC(O)CC1)C1CCCN(c2ccccc2)C1. The lowest BCUT2D eigenvalue weighted by Crippen LogP contribution is -2.47. The first-order valence-electron chi connectivity index (χ1n) is 8.51. The summed E-state index contributed by atoms with van der Waals surface area (Å²) in [6, 6.07) is 10.6. The molecule has 1 heterocycles. The summed E-state index contributed by atoms with van der Waals surface area (Å²) in [6.45, 7) is 1.84. The van der Waals surface area contributed by atoms with Crippen LogP contribution in [0.1, 0.15) is 38.5 Å². The molecular weight excluding hydrogens is 276 g/mol. The van der Waals surface area contributed by atoms with Gasteiger partial charge in [-0.15, -0.1) is 0 Å². The number of benzene rings is 1. The molecule has 0 radical (unpaired) electrons. The van der Waals surface area contributed by atoms with E-state index in [0.29, 0.717) is 0 Å². The monoisotopic (exact) mass is 302 g/mol. The molecule has 1 aromatic carbocycles. The second kappa shape index (κ2) is 7.14. The van der Waals surface area contributed by atoms with E-state index in [4.69, 9.17) is 0 Å². The standard InChI is InChI=1S/C18H26N2O2/c21-17-10-8-15(9-11-17)19-18(22)14-5-4-12-20(13-14)16-6-2-1-3-7-16/h1-3,6-7,14-15,17,21H,4-5,8-13H2,(H,19,22). The van der Waals surface area contributed by atoms with Gasteiger partial charge in [-0.05, 0) is 50.7 Å². The van der Waals surface area contributed by atoms with Gasteiger partial charge in [-0.25, -0.2) is 0 Å². The minimum atomic E-state index is -0.170. The number of anilines is 1. The van der Waals surface area contributed by atoms with Crippen molar-refractivity contribution in [2.75, 3.05) is 18.0 Å². The molecule has 3 rings (SSSR count). The summed E-state index contributed by atoms with van der Waals surface area (Å²) < 4.78 is 0. The predicted octanol–water partition coefficient (Wildman–Crippen LogP) is 2.32. The van der Waals surface area contributed by atoms with Crippen molar-refractivity contribution in [2.45, 2.75) is 50.7 Å². The van der Waals surface area contributed by atoms with E-state index < -0.39 is 0 Å². The van der Waals surface area contributed by atoms with Crippen molar-refractivity contribution in [1.29, 1.82) is 0 Å². The highest BCUT2D eigenvalue weighted by Crippen LogP contribution is 2.24. The number of carbonyl (C=O) groups is 1. The molecule has 1 aliphatic heterocycles. The average Bonchev–Trinajstić information content (AvgIpc) is 2.58. The molecule has 1 saturated heterocycles. The third kappa shape index (κ3) is 3.80. The summed E-state index contributed by atoms with van der Waals surface area (Å²) in [7, 11) is 0. The van der Waals surface area contributed by atoms with Crippen molar-refractivity contribution in [2.24, 2.45) is 5.92 Å². The van der Waals surface area contributed by atoms with Crippen LogP contribution < -0.4 is 10.2 Å². The summed E-state index contributed by atoms with van der Waals surface area (Å²) in [6.07, 6.45) is 5.30. The van der Waals surface area contributed by atoms with Crippen LogP contribution in [0, 0.1) is 5.92 Å². The van der Waals surface area contributed by atoms with E-state index in [-0.39, 0.29) is 24.0 Å². The quantitative estimate of drug-likeness (QED) is 0.901. The van der Waals surface area contributed by atoms with Crippen molar-refractivity contribution in [3.8, 4) is 0 Å². The fourth-order valence-corrected chi connectivity index (χ4v) is 3.60. The van der Waals surface area contributed by atoms with Crippen LogP contribution in [-0.2, 0) is 4.79 Å². The number of piperidine rings is 1. The highest BCUT2D eigenvalue weighted by Gasteiger charge is 2.28. The zero-order valence-corrected chi connectivity index (χ0v) is 13.1. The Morgan fingerprint density at radius 1 is 1.09 bits per heavy atom. The molecule has 0 bridgehead atoms. The molecular formula is C18H26N2O2. The maximum Gasteiger partial charge on any atom is 0.225 e. The number of nitrogens with one attached hydrogen (secondary N) is 1. The first kappa shape index (κ1) is 15.3. The zero-order valence-electron chi connectivity index (χ0n) is 13.1. The number of hydrogen-bond acceptors (Lipinski definition) is 3. The molecule has 4 nitrogen and oxygen atoms in total. The molecule has 0 spiro atoms. The maximum atomic E-state index is 12.5. The molecule has 120 valence electrons. The highest BCUT2D eigenvalue weighted by molar-refractivity contribution is 5.80. The molecule has 2 N–H and O–H groups in total. The number of para-hydroxylation sites is 1. The van der Waals surface area contributed by atoms with Crippen molar-refractivity contribution in [3.63, 3.8) is 0 Å². The molecule has 1 aromatic rings. The van der Waals surface area contributed by atoms with E-state index in [1.807, 2.05) is 18.2 Å². The summed E-state index contributed by atoms with van der Waals surface area (Å²) in [5.74, 6) is 0.280. The van der Waals surface area contributed by atoms with E-state index in [2.05, 4.69) is 22.3 Å². The number of nitrogens with zero attached hydrogens (tertiary/aromatic N) is 1. The largest absolute Gasteiger partial charge is 0.393 e. The first-order chi connectivity index (χ1) is 10.7. The lowest BCUT2D eigenvalue weighted by Gasteiger charge is -2.35. The number of hydrogen-bond donors (Lipinski definition) is 2. The first-order valence-corrected chi connectivity index (χ1v) is 8.51. The van der Waals surface area contributed by atoms with Crippen LogP contribution in [0.5, 0.6) is 0 Å². The van der Waals surface area contributed by atoms with Gasteiger partial charge >= 0.3 is 0 Å². The van der Waals surface area contributed by atoms with Crippen molar-refractivity contribution in [1.82, 2.24) is 5.32 Å². The van der Waals surface area contributed by atoms with E-state index in [0.717, 1.165) is 51.6 Å². The van der Waals surface area contributed by atoms with Crippen LogP contribution in [0.4, 0.5) is 5.69 Å². The van der Waals surface area contributed by atoms with Gasteiger partial charge < -0.3 is 15.3 Å². The molecule has 1 aliphatic carbocycles. The van der Waals surface area contributed by atoms with Gasteiger partial charge in [0, 0.05) is 24.8 Å². The molecule has 1 amide bonds. The van der Waals surface area contributed by atoms with Gasteiger partial charge in [0.25, 0.3) is 0 Å². The Hall–Kier alpha value is -1.55. The second-order valence-electron chi connectivity index (χ2n) is 6.63. The Bertz CT molecular complexity index is 483. The zero-order chi connectivity index (χ0) is 15.4. The lowest BCUT2D eigenvalue weighted by atomic mass is 9.91. The maximum absolute atomic E-state index is 12.5. The second-order valence-corrected chi connectivity index (χ2v) is 6.63. The summed E-state index contributed by atoms with van der Waals surface area (Å²) >= 11 is 0. The number of aliphatic hydroxyl groups is 1. The van der Waals surface area contributed by atoms with Crippen molar-refractivity contribution < 1.29 is 9.90 Å². The lowest BCUT2D eigenvalue weighted by molar-refractivity contribution is -0.126. The van der Waals surface area contributed by atoms with E-state index in [1.54, 1.807) is 0 Å². The van der Waals surface area contributed by atoms with Gasteiger partial charge in [0.15, 0.2) is 0 Å². The van der Waals surface area contributed by atoms with Crippen LogP contribution >= 0.6 is 0 Å². The van der Waals surface area contributed by atoms with Crippen LogP contribution in [0.3, 0.4) is 0 Å². The minimum absolute atomic E-state index is 0.0841. The average molecular weight is 302 g/mol.